The molecule has 208 valence electrons. The number of carbonyl (C=O) groups excluding carboxylic acids is 2. The van der Waals surface area contributed by atoms with Gasteiger partial charge in [-0.2, -0.15) is 0 Å². The van der Waals surface area contributed by atoms with Gasteiger partial charge in [-0.25, -0.2) is 9.59 Å². The van der Waals surface area contributed by atoms with Gasteiger partial charge >= 0.3 is 11.9 Å². The molecule has 0 unspecified atom stereocenters. The Labute approximate surface area is 239 Å². The van der Waals surface area contributed by atoms with Crippen LogP contribution in [0.2, 0.25) is 0 Å². The van der Waals surface area contributed by atoms with Crippen molar-refractivity contribution in [2.45, 2.75) is 13.8 Å². The molecule has 4 rings (SSSR count). The first-order valence-corrected chi connectivity index (χ1v) is 13.1. The summed E-state index contributed by atoms with van der Waals surface area (Å²) in [7, 11) is 0. The van der Waals surface area contributed by atoms with E-state index in [9.17, 15) is 9.59 Å². The predicted molar refractivity (Wildman–Crippen MR) is 161 cm³/mol. The molecule has 0 fully saturated rings. The summed E-state index contributed by atoms with van der Waals surface area (Å²) in [5.41, 5.74) is 4.31. The zero-order valence-electron chi connectivity index (χ0n) is 23.0. The van der Waals surface area contributed by atoms with Crippen LogP contribution in [0.3, 0.4) is 0 Å². The molecule has 0 saturated heterocycles. The fourth-order valence-corrected chi connectivity index (χ4v) is 4.14. The molecule has 0 radical (unpaired) electrons. The molecule has 0 N–H and O–H groups in total. The molecule has 0 amide bonds. The summed E-state index contributed by atoms with van der Waals surface area (Å²) in [4.78, 5) is 25.8. The SMILES string of the molecule is C=CC(=O)Oc1cc(OC(=O)C=C)cc(-c2ccc(N(c3ccc(OCC)cc3)c3ccc(OCC)cc3)cc2)c1. The number of hydrogen-bond acceptors (Lipinski definition) is 7. The lowest BCUT2D eigenvalue weighted by Crippen LogP contribution is -2.10. The minimum atomic E-state index is -0.625. The first-order valence-electron chi connectivity index (χ1n) is 13.1. The summed E-state index contributed by atoms with van der Waals surface area (Å²) >= 11 is 0. The van der Waals surface area contributed by atoms with E-state index >= 15 is 0 Å². The van der Waals surface area contributed by atoms with E-state index in [2.05, 4.69) is 18.1 Å². The molecular weight excluding hydrogens is 518 g/mol. The Bertz CT molecular complexity index is 1420. The van der Waals surface area contributed by atoms with E-state index < -0.39 is 11.9 Å². The molecule has 4 aromatic carbocycles. The molecule has 7 heteroatoms. The smallest absolute Gasteiger partial charge is 0.335 e. The van der Waals surface area contributed by atoms with Crippen molar-refractivity contribution < 1.29 is 28.5 Å². The van der Waals surface area contributed by atoms with Gasteiger partial charge in [-0.3, -0.25) is 0 Å². The van der Waals surface area contributed by atoms with Crippen molar-refractivity contribution in [1.82, 2.24) is 0 Å². The fourth-order valence-electron chi connectivity index (χ4n) is 4.14. The molecule has 41 heavy (non-hydrogen) atoms. The Kier molecular flexibility index (Phi) is 9.57. The van der Waals surface area contributed by atoms with Gasteiger partial charge in [-0.1, -0.05) is 25.3 Å². The van der Waals surface area contributed by atoms with Gasteiger partial charge in [0.1, 0.15) is 23.0 Å². The molecule has 0 bridgehead atoms. The zero-order chi connectivity index (χ0) is 29.2. The summed E-state index contributed by atoms with van der Waals surface area (Å²) in [6, 6.07) is 28.5. The number of hydrogen-bond donors (Lipinski definition) is 0. The van der Waals surface area contributed by atoms with Crippen LogP contribution >= 0.6 is 0 Å². The summed E-state index contributed by atoms with van der Waals surface area (Å²) in [5, 5.41) is 0. The van der Waals surface area contributed by atoms with Crippen molar-refractivity contribution in [3.63, 3.8) is 0 Å². The number of anilines is 3. The minimum Gasteiger partial charge on any atom is -0.494 e. The number of nitrogens with zero attached hydrogens (tertiary/aromatic N) is 1. The van der Waals surface area contributed by atoms with E-state index in [0.29, 0.717) is 18.8 Å². The van der Waals surface area contributed by atoms with E-state index in [1.807, 2.05) is 86.6 Å². The Morgan fingerprint density at radius 3 is 1.34 bits per heavy atom. The predicted octanol–water partition coefficient (Wildman–Crippen LogP) is 7.80. The average Bonchev–Trinajstić information content (AvgIpc) is 2.99. The maximum absolute atomic E-state index is 11.8. The lowest BCUT2D eigenvalue weighted by molar-refractivity contribution is -0.129. The van der Waals surface area contributed by atoms with Crippen LogP contribution in [0.1, 0.15) is 13.8 Å². The average molecular weight is 550 g/mol. The second-order valence-corrected chi connectivity index (χ2v) is 8.68. The van der Waals surface area contributed by atoms with Gasteiger partial charge in [0.25, 0.3) is 0 Å². The maximum Gasteiger partial charge on any atom is 0.335 e. The monoisotopic (exact) mass is 549 g/mol. The largest absolute Gasteiger partial charge is 0.494 e. The first kappa shape index (κ1) is 28.7. The van der Waals surface area contributed by atoms with E-state index in [-0.39, 0.29) is 11.5 Å². The Hall–Kier alpha value is -5.30. The summed E-state index contributed by atoms with van der Waals surface area (Å²) in [6.45, 7) is 11.9. The highest BCUT2D eigenvalue weighted by Gasteiger charge is 2.15. The molecule has 0 aliphatic heterocycles. The van der Waals surface area contributed by atoms with E-state index in [4.69, 9.17) is 18.9 Å². The van der Waals surface area contributed by atoms with E-state index in [1.165, 1.54) is 6.07 Å². The van der Waals surface area contributed by atoms with Crippen molar-refractivity contribution in [1.29, 1.82) is 0 Å². The van der Waals surface area contributed by atoms with E-state index in [0.717, 1.165) is 46.3 Å². The van der Waals surface area contributed by atoms with Gasteiger partial charge < -0.3 is 23.8 Å². The lowest BCUT2D eigenvalue weighted by Gasteiger charge is -2.26. The Morgan fingerprint density at radius 1 is 0.585 bits per heavy atom. The third-order valence-electron chi connectivity index (χ3n) is 5.92. The van der Waals surface area contributed by atoms with Crippen molar-refractivity contribution in [3.8, 4) is 34.1 Å². The van der Waals surface area contributed by atoms with Gasteiger partial charge in [0.2, 0.25) is 0 Å². The van der Waals surface area contributed by atoms with Gasteiger partial charge in [-0.05, 0) is 97.8 Å². The second-order valence-electron chi connectivity index (χ2n) is 8.68. The van der Waals surface area contributed by atoms with Crippen LogP contribution in [0.25, 0.3) is 11.1 Å². The van der Waals surface area contributed by atoms with Crippen LogP contribution < -0.4 is 23.8 Å². The van der Waals surface area contributed by atoms with Gasteiger partial charge in [-0.15, -0.1) is 0 Å². The topological polar surface area (TPSA) is 74.3 Å². The van der Waals surface area contributed by atoms with Crippen molar-refractivity contribution in [2.24, 2.45) is 0 Å². The van der Waals surface area contributed by atoms with Crippen LogP contribution in [-0.2, 0) is 9.59 Å². The molecule has 0 aliphatic carbocycles. The highest BCUT2D eigenvalue weighted by Crippen LogP contribution is 2.38. The van der Waals surface area contributed by atoms with Gasteiger partial charge in [0.05, 0.1) is 13.2 Å². The number of rotatable bonds is 12. The third-order valence-corrected chi connectivity index (χ3v) is 5.92. The quantitative estimate of drug-likeness (QED) is 0.101. The molecule has 4 aromatic rings. The summed E-state index contributed by atoms with van der Waals surface area (Å²) in [5.74, 6) is 0.772. The molecular formula is C34H31NO6. The maximum atomic E-state index is 11.8. The second kappa shape index (κ2) is 13.7. The number of carbonyl (C=O) groups is 2. The van der Waals surface area contributed by atoms with Gasteiger partial charge in [0, 0.05) is 35.3 Å². The van der Waals surface area contributed by atoms with Crippen LogP contribution in [-0.4, -0.2) is 25.2 Å². The molecule has 0 atom stereocenters. The third kappa shape index (κ3) is 7.42. The number of ether oxygens (including phenoxy) is 4. The minimum absolute atomic E-state index is 0.216. The first-order chi connectivity index (χ1) is 19.9. The highest BCUT2D eigenvalue weighted by molar-refractivity contribution is 5.86. The standard InChI is InChI=1S/C34H31NO6/c1-5-33(36)40-31-21-25(22-32(23-31)41-34(37)6-2)24-9-11-26(12-10-24)35(27-13-17-29(18-14-27)38-7-3)28-15-19-30(20-16-28)39-8-4/h5-6,9-23H,1-2,7-8H2,3-4H3. The normalized spacial score (nSPS) is 10.3. The van der Waals surface area contributed by atoms with Gasteiger partial charge in [0.15, 0.2) is 0 Å². The molecule has 0 saturated carbocycles. The number of esters is 2. The Morgan fingerprint density at radius 2 is 0.976 bits per heavy atom. The van der Waals surface area contributed by atoms with Crippen LogP contribution in [0, 0.1) is 0 Å². The van der Waals surface area contributed by atoms with Crippen LogP contribution in [0.4, 0.5) is 17.1 Å². The molecule has 0 heterocycles. The van der Waals surface area contributed by atoms with E-state index in [1.54, 1.807) is 12.1 Å². The molecule has 7 nitrogen and oxygen atoms in total. The lowest BCUT2D eigenvalue weighted by atomic mass is 10.0. The molecule has 0 aliphatic rings. The fraction of sp³-hybridized carbons (Fsp3) is 0.118. The van der Waals surface area contributed by atoms with Crippen LogP contribution in [0.5, 0.6) is 23.0 Å². The van der Waals surface area contributed by atoms with Crippen molar-refractivity contribution >= 4 is 29.0 Å². The van der Waals surface area contributed by atoms with Crippen molar-refractivity contribution in [3.05, 3.63) is 116 Å². The Balaban J connectivity index is 1.72. The van der Waals surface area contributed by atoms with Crippen molar-refractivity contribution in [2.75, 3.05) is 18.1 Å². The number of benzene rings is 4. The summed E-state index contributed by atoms with van der Waals surface area (Å²) < 4.78 is 21.9. The molecule has 0 spiro atoms. The highest BCUT2D eigenvalue weighted by atomic mass is 16.5. The zero-order valence-corrected chi connectivity index (χ0v) is 23.0. The van der Waals surface area contributed by atoms with Crippen LogP contribution in [0.15, 0.2) is 116 Å². The molecule has 0 aromatic heterocycles. The summed E-state index contributed by atoms with van der Waals surface area (Å²) in [6.07, 6.45) is 2.13.